The first-order valence-corrected chi connectivity index (χ1v) is 18.2. The molecule has 1 saturated carbocycles. The molecule has 260 valence electrons. The second kappa shape index (κ2) is 13.6. The predicted octanol–water partition coefficient (Wildman–Crippen LogP) is 7.76. The molecule has 9 rings (SSSR count). The van der Waals surface area contributed by atoms with Gasteiger partial charge in [0.05, 0.1) is 22.8 Å². The lowest BCUT2D eigenvalue weighted by atomic mass is 9.71. The van der Waals surface area contributed by atoms with Crippen molar-refractivity contribution >= 4 is 58.5 Å². The minimum absolute atomic E-state index is 0.121. The number of aromatic nitrogens is 4. The van der Waals surface area contributed by atoms with E-state index < -0.39 is 0 Å². The summed E-state index contributed by atoms with van der Waals surface area (Å²) in [7, 11) is 0. The number of aliphatic imine (C=N–C) groups is 4. The van der Waals surface area contributed by atoms with E-state index in [1.807, 2.05) is 23.1 Å². The zero-order valence-corrected chi connectivity index (χ0v) is 29.2. The van der Waals surface area contributed by atoms with E-state index in [2.05, 4.69) is 101 Å². The Morgan fingerprint density at radius 2 is 1.54 bits per heavy atom. The number of anilines is 5. The maximum atomic E-state index is 5.06. The molecule has 0 bridgehead atoms. The Morgan fingerprint density at radius 1 is 0.731 bits per heavy atom. The normalized spacial score (nSPS) is 19.1. The molecular formula is C40H40N12. The zero-order chi connectivity index (χ0) is 34.9. The number of nitrogens with one attached hydrogen (secondary N) is 2. The van der Waals surface area contributed by atoms with Gasteiger partial charge in [-0.1, -0.05) is 38.3 Å². The van der Waals surface area contributed by atoms with E-state index in [0.29, 0.717) is 23.7 Å². The van der Waals surface area contributed by atoms with E-state index in [1.54, 1.807) is 18.6 Å². The number of allylic oxidation sites excluding steroid dienone is 2. The molecule has 0 atom stereocenters. The van der Waals surface area contributed by atoms with Crippen LogP contribution in [0.5, 0.6) is 0 Å². The first-order chi connectivity index (χ1) is 25.6. The van der Waals surface area contributed by atoms with Gasteiger partial charge in [-0.25, -0.2) is 34.8 Å². The molecule has 1 aliphatic carbocycles. The number of nitrogens with zero attached hydrogens (tertiary/aromatic N) is 10. The van der Waals surface area contributed by atoms with Gasteiger partial charge in [-0.05, 0) is 97.7 Å². The molecular weight excluding hydrogens is 649 g/mol. The van der Waals surface area contributed by atoms with Crippen LogP contribution in [0.15, 0.2) is 111 Å². The first-order valence-electron chi connectivity index (χ1n) is 18.2. The van der Waals surface area contributed by atoms with E-state index in [9.17, 15) is 0 Å². The van der Waals surface area contributed by atoms with Gasteiger partial charge in [-0.3, -0.25) is 0 Å². The highest BCUT2D eigenvalue weighted by atomic mass is 15.4. The average Bonchev–Trinajstić information content (AvgIpc) is 3.19. The van der Waals surface area contributed by atoms with E-state index in [4.69, 9.17) is 9.98 Å². The van der Waals surface area contributed by atoms with Crippen LogP contribution < -0.4 is 15.5 Å². The van der Waals surface area contributed by atoms with Crippen molar-refractivity contribution in [2.45, 2.75) is 63.7 Å². The molecule has 12 nitrogen and oxygen atoms in total. The standard InChI is InChI=1S/C40H40N12/c1-40(15-4-2-5-16-40)27-11-13-30(32(22-27)46-36-10-8-19-45-50-36)34-24-29-25-35(49-39-44-26-43-38(48-34)52(29)39)31-14-12-28(51-20-6-3-7-21-51)23-33(31)47-37-41-17-9-18-42-37/h8-14,17-19,22-26H,2-7,15-16,20-21H2,1H3,(H,46,50)(H,41,42,47). The van der Waals surface area contributed by atoms with Crippen LogP contribution in [-0.2, 0) is 5.41 Å². The maximum absolute atomic E-state index is 5.06. The number of hydrogen-bond donors (Lipinski definition) is 2. The van der Waals surface area contributed by atoms with E-state index in [1.165, 1.54) is 63.3 Å². The fourth-order valence-corrected chi connectivity index (χ4v) is 7.80. The highest BCUT2D eigenvalue weighted by Gasteiger charge is 2.33. The van der Waals surface area contributed by atoms with Gasteiger partial charge in [-0.15, -0.1) is 5.10 Å². The first kappa shape index (κ1) is 31.9. The number of rotatable bonds is 8. The molecule has 1 saturated heterocycles. The van der Waals surface area contributed by atoms with Gasteiger partial charge in [0.25, 0.3) is 0 Å². The Hall–Kier alpha value is -6.04. The fraction of sp³-hybridized carbons (Fsp3) is 0.300. The Balaban J connectivity index is 1.13. The summed E-state index contributed by atoms with van der Waals surface area (Å²) < 4.78 is 0. The highest BCUT2D eigenvalue weighted by molar-refractivity contribution is 6.24. The Bertz CT molecular complexity index is 2170. The van der Waals surface area contributed by atoms with Crippen molar-refractivity contribution < 1.29 is 0 Å². The maximum Gasteiger partial charge on any atom is 0.239 e. The van der Waals surface area contributed by atoms with E-state index in [0.717, 1.165) is 58.4 Å². The minimum atomic E-state index is 0.121. The Labute approximate surface area is 303 Å². The van der Waals surface area contributed by atoms with E-state index in [-0.39, 0.29) is 5.41 Å². The minimum Gasteiger partial charge on any atom is -0.371 e. The van der Waals surface area contributed by atoms with Crippen LogP contribution in [-0.4, -0.2) is 62.1 Å². The van der Waals surface area contributed by atoms with Crippen molar-refractivity contribution in [3.05, 3.63) is 108 Å². The van der Waals surface area contributed by atoms with Crippen molar-refractivity contribution in [3.63, 3.8) is 0 Å². The van der Waals surface area contributed by atoms with Crippen LogP contribution in [0.25, 0.3) is 5.70 Å². The van der Waals surface area contributed by atoms with Gasteiger partial charge in [-0.2, -0.15) is 5.10 Å². The molecule has 2 aromatic heterocycles. The third-order valence-electron chi connectivity index (χ3n) is 10.6. The van der Waals surface area contributed by atoms with Crippen molar-refractivity contribution in [2.24, 2.45) is 20.0 Å². The number of piperidine rings is 1. The molecule has 6 heterocycles. The summed E-state index contributed by atoms with van der Waals surface area (Å²) in [5.74, 6) is 2.22. The van der Waals surface area contributed by atoms with Crippen molar-refractivity contribution in [1.82, 2.24) is 25.1 Å². The Morgan fingerprint density at radius 3 is 2.37 bits per heavy atom. The predicted molar refractivity (Wildman–Crippen MR) is 208 cm³/mol. The van der Waals surface area contributed by atoms with Crippen LogP contribution in [0.3, 0.4) is 0 Å². The van der Waals surface area contributed by atoms with Crippen LogP contribution in [0.1, 0.15) is 75.0 Å². The van der Waals surface area contributed by atoms with Gasteiger partial charge >= 0.3 is 0 Å². The largest absolute Gasteiger partial charge is 0.371 e. The lowest BCUT2D eigenvalue weighted by molar-refractivity contribution is 0.319. The van der Waals surface area contributed by atoms with Crippen LogP contribution in [0, 0.1) is 0 Å². The van der Waals surface area contributed by atoms with Crippen LogP contribution in [0.2, 0.25) is 0 Å². The fourth-order valence-electron chi connectivity index (χ4n) is 7.80. The summed E-state index contributed by atoms with van der Waals surface area (Å²) in [6.07, 6.45) is 20.6. The van der Waals surface area contributed by atoms with Gasteiger partial charge in [0, 0.05) is 54.2 Å². The summed E-state index contributed by atoms with van der Waals surface area (Å²) in [6, 6.07) is 18.8. The van der Waals surface area contributed by atoms with Gasteiger partial charge in [0.2, 0.25) is 17.9 Å². The molecule has 0 radical (unpaired) electrons. The lowest BCUT2D eigenvalue weighted by Gasteiger charge is -2.35. The summed E-state index contributed by atoms with van der Waals surface area (Å²) in [4.78, 5) is 32.5. The molecule has 4 aliphatic heterocycles. The van der Waals surface area contributed by atoms with Crippen molar-refractivity contribution in [1.29, 1.82) is 0 Å². The Kier molecular flexibility index (Phi) is 8.34. The molecule has 0 unspecified atom stereocenters. The van der Waals surface area contributed by atoms with Gasteiger partial charge in [0.15, 0.2) is 5.82 Å². The number of hydrogen-bond acceptors (Lipinski definition) is 12. The number of guanidine groups is 2. The molecule has 5 aliphatic rings. The second-order valence-electron chi connectivity index (χ2n) is 14.1. The van der Waals surface area contributed by atoms with Crippen LogP contribution >= 0.6 is 0 Å². The monoisotopic (exact) mass is 688 g/mol. The molecule has 4 aromatic rings. The summed E-state index contributed by atoms with van der Waals surface area (Å²) in [5, 5.41) is 15.5. The second-order valence-corrected chi connectivity index (χ2v) is 14.1. The molecule has 2 fully saturated rings. The quantitative estimate of drug-likeness (QED) is 0.192. The molecule has 2 aromatic carbocycles. The molecule has 0 spiro atoms. The number of benzene rings is 2. The summed E-state index contributed by atoms with van der Waals surface area (Å²) in [5.41, 5.74) is 8.68. The molecule has 2 N–H and O–H groups in total. The molecule has 12 heteroatoms. The van der Waals surface area contributed by atoms with Crippen molar-refractivity contribution in [3.8, 4) is 0 Å². The SMILES string of the molecule is CC1(c2ccc(C3=CC4=CC(c5ccc(N6CCCCC6)cc5Nc5ncccn5)=NC5=NC=NC(=N3)N45)c(Nc3cccnn3)c2)CCCCC1. The highest BCUT2D eigenvalue weighted by Crippen LogP contribution is 2.42. The lowest BCUT2D eigenvalue weighted by Crippen LogP contribution is -2.40. The van der Waals surface area contributed by atoms with Gasteiger partial charge in [0.1, 0.15) is 6.34 Å². The summed E-state index contributed by atoms with van der Waals surface area (Å²) >= 11 is 0. The topological polar surface area (TPSA) is 132 Å². The van der Waals surface area contributed by atoms with Crippen LogP contribution in [0.4, 0.5) is 28.8 Å². The zero-order valence-electron chi connectivity index (χ0n) is 29.2. The van der Waals surface area contributed by atoms with Crippen molar-refractivity contribution in [2.75, 3.05) is 28.6 Å². The van der Waals surface area contributed by atoms with E-state index >= 15 is 0 Å². The smallest absolute Gasteiger partial charge is 0.239 e. The third-order valence-corrected chi connectivity index (χ3v) is 10.6. The van der Waals surface area contributed by atoms with Gasteiger partial charge < -0.3 is 15.5 Å². The molecule has 0 amide bonds. The third kappa shape index (κ3) is 6.25. The summed E-state index contributed by atoms with van der Waals surface area (Å²) in [6.45, 7) is 4.48. The average molecular weight is 689 g/mol. The molecule has 52 heavy (non-hydrogen) atoms.